The third kappa shape index (κ3) is 1.51. The fourth-order valence-corrected chi connectivity index (χ4v) is 1.72. The molecule has 0 spiro atoms. The van der Waals surface area contributed by atoms with Crippen LogP contribution in [-0.4, -0.2) is 24.0 Å². The van der Waals surface area contributed by atoms with Gasteiger partial charge in [-0.25, -0.2) is 0 Å². The number of rotatable bonds is 2. The molecule has 1 unspecified atom stereocenters. The quantitative estimate of drug-likeness (QED) is 0.758. The van der Waals surface area contributed by atoms with Crippen LogP contribution in [-0.2, 0) is 4.79 Å². The summed E-state index contributed by atoms with van der Waals surface area (Å²) in [5.74, 6) is 0.179. The van der Waals surface area contributed by atoms with Gasteiger partial charge in [-0.3, -0.25) is 10.1 Å². The lowest BCUT2D eigenvalue weighted by Crippen LogP contribution is -2.26. The fourth-order valence-electron chi connectivity index (χ4n) is 1.72. The number of benzene rings is 1. The Morgan fingerprint density at radius 2 is 2.14 bits per heavy atom. The van der Waals surface area contributed by atoms with Gasteiger partial charge in [-0.2, -0.15) is 0 Å². The minimum absolute atomic E-state index is 0.142. The highest BCUT2D eigenvalue weighted by Gasteiger charge is 2.30. The van der Waals surface area contributed by atoms with Gasteiger partial charge in [0.2, 0.25) is 5.91 Å². The van der Waals surface area contributed by atoms with E-state index >= 15 is 0 Å². The minimum Gasteiger partial charge on any atom is -0.329 e. The monoisotopic (exact) mass is 190 g/mol. The van der Waals surface area contributed by atoms with Crippen LogP contribution in [0.3, 0.4) is 0 Å². The van der Waals surface area contributed by atoms with Crippen LogP contribution in [0.5, 0.6) is 0 Å². The molecule has 0 radical (unpaired) electrons. The summed E-state index contributed by atoms with van der Waals surface area (Å²) >= 11 is 0. The maximum atomic E-state index is 11.8. The zero-order valence-corrected chi connectivity index (χ0v) is 8.23. The van der Waals surface area contributed by atoms with Gasteiger partial charge in [0.25, 0.3) is 0 Å². The Balaban J connectivity index is 2.18. The molecule has 0 saturated carbocycles. The van der Waals surface area contributed by atoms with Crippen LogP contribution in [0.25, 0.3) is 0 Å². The zero-order valence-electron chi connectivity index (χ0n) is 8.23. The summed E-state index contributed by atoms with van der Waals surface area (Å²) in [5, 5.41) is 3.20. The molecule has 1 saturated heterocycles. The van der Waals surface area contributed by atoms with Crippen molar-refractivity contribution in [1.29, 1.82) is 0 Å². The van der Waals surface area contributed by atoms with Crippen molar-refractivity contribution in [3.05, 3.63) is 35.9 Å². The Morgan fingerprint density at radius 3 is 2.71 bits per heavy atom. The molecule has 1 N–H and O–H groups in total. The second-order valence-corrected chi connectivity index (χ2v) is 3.40. The molecule has 2 rings (SSSR count). The van der Waals surface area contributed by atoms with Crippen LogP contribution < -0.4 is 5.32 Å². The van der Waals surface area contributed by atoms with Crippen molar-refractivity contribution in [2.75, 3.05) is 13.2 Å². The van der Waals surface area contributed by atoms with Crippen LogP contribution in [0.15, 0.2) is 30.3 Å². The second kappa shape index (κ2) is 3.80. The van der Waals surface area contributed by atoms with Crippen LogP contribution in [0.1, 0.15) is 18.5 Å². The number of hydrogen-bond acceptors (Lipinski definition) is 2. The van der Waals surface area contributed by atoms with Gasteiger partial charge in [0.15, 0.2) is 0 Å². The zero-order chi connectivity index (χ0) is 9.97. The molecule has 1 heterocycles. The Kier molecular flexibility index (Phi) is 2.50. The maximum absolute atomic E-state index is 11.8. The first-order chi connectivity index (χ1) is 6.83. The first kappa shape index (κ1) is 9.21. The lowest BCUT2D eigenvalue weighted by atomic mass is 10.1. The fraction of sp³-hybridized carbons (Fsp3) is 0.364. The van der Waals surface area contributed by atoms with Crippen molar-refractivity contribution < 1.29 is 4.79 Å². The van der Waals surface area contributed by atoms with E-state index in [1.165, 1.54) is 0 Å². The molecule has 14 heavy (non-hydrogen) atoms. The third-order valence-electron chi connectivity index (χ3n) is 2.56. The summed E-state index contributed by atoms with van der Waals surface area (Å²) in [5.41, 5.74) is 1.05. The molecule has 74 valence electrons. The summed E-state index contributed by atoms with van der Waals surface area (Å²) in [4.78, 5) is 13.6. The lowest BCUT2D eigenvalue weighted by Gasteiger charge is -2.11. The largest absolute Gasteiger partial charge is 0.329 e. The van der Waals surface area contributed by atoms with Crippen LogP contribution >= 0.6 is 0 Å². The maximum Gasteiger partial charge on any atom is 0.245 e. The van der Waals surface area contributed by atoms with Gasteiger partial charge in [-0.05, 0) is 12.5 Å². The molecule has 1 aliphatic rings. The van der Waals surface area contributed by atoms with E-state index in [0.717, 1.165) is 12.1 Å². The second-order valence-electron chi connectivity index (χ2n) is 3.40. The number of nitrogens with zero attached hydrogens (tertiary/aromatic N) is 1. The van der Waals surface area contributed by atoms with Crippen molar-refractivity contribution in [2.24, 2.45) is 0 Å². The van der Waals surface area contributed by atoms with E-state index < -0.39 is 0 Å². The van der Waals surface area contributed by atoms with Gasteiger partial charge < -0.3 is 4.90 Å². The Labute approximate surface area is 83.7 Å². The van der Waals surface area contributed by atoms with Gasteiger partial charge in [-0.1, -0.05) is 30.3 Å². The molecule has 0 aliphatic carbocycles. The highest BCUT2D eigenvalue weighted by molar-refractivity contribution is 5.85. The van der Waals surface area contributed by atoms with E-state index in [4.69, 9.17) is 0 Å². The Bertz CT molecular complexity index is 323. The molecular formula is C11H14N2O. The van der Waals surface area contributed by atoms with Gasteiger partial charge in [0.1, 0.15) is 6.04 Å². The number of carbonyl (C=O) groups is 1. The number of nitrogens with one attached hydrogen (secondary N) is 1. The predicted octanol–water partition coefficient (Wildman–Crippen LogP) is 1.14. The first-order valence-corrected chi connectivity index (χ1v) is 4.90. The van der Waals surface area contributed by atoms with E-state index in [-0.39, 0.29) is 11.9 Å². The molecule has 1 aromatic carbocycles. The SMILES string of the molecule is CCN1CNC(c2ccccc2)C1=O. The first-order valence-electron chi connectivity index (χ1n) is 4.90. The minimum atomic E-state index is -0.142. The van der Waals surface area contributed by atoms with E-state index in [1.807, 2.05) is 42.2 Å². The van der Waals surface area contributed by atoms with E-state index in [9.17, 15) is 4.79 Å². The van der Waals surface area contributed by atoms with Crippen molar-refractivity contribution in [2.45, 2.75) is 13.0 Å². The highest BCUT2D eigenvalue weighted by atomic mass is 16.2. The van der Waals surface area contributed by atoms with Gasteiger partial charge in [-0.15, -0.1) is 0 Å². The van der Waals surface area contributed by atoms with Crippen LogP contribution in [0, 0.1) is 0 Å². The van der Waals surface area contributed by atoms with Crippen LogP contribution in [0.2, 0.25) is 0 Å². The molecule has 3 heteroatoms. The van der Waals surface area contributed by atoms with Crippen molar-refractivity contribution in [1.82, 2.24) is 10.2 Å². The number of likely N-dealkylation sites (N-methyl/N-ethyl adjacent to an activating group) is 1. The average Bonchev–Trinajstić information content (AvgIpc) is 2.61. The Morgan fingerprint density at radius 1 is 1.43 bits per heavy atom. The third-order valence-corrected chi connectivity index (χ3v) is 2.56. The molecule has 3 nitrogen and oxygen atoms in total. The summed E-state index contributed by atoms with van der Waals surface area (Å²) in [6.07, 6.45) is 0. The Hall–Kier alpha value is -1.35. The summed E-state index contributed by atoms with van der Waals surface area (Å²) in [7, 11) is 0. The van der Waals surface area contributed by atoms with Crippen molar-refractivity contribution in [3.63, 3.8) is 0 Å². The molecule has 1 aromatic rings. The van der Waals surface area contributed by atoms with Gasteiger partial charge >= 0.3 is 0 Å². The molecule has 1 aliphatic heterocycles. The highest BCUT2D eigenvalue weighted by Crippen LogP contribution is 2.19. The molecule has 0 bridgehead atoms. The predicted molar refractivity (Wildman–Crippen MR) is 54.6 cm³/mol. The number of carbonyl (C=O) groups excluding carboxylic acids is 1. The van der Waals surface area contributed by atoms with Gasteiger partial charge in [0.05, 0.1) is 6.67 Å². The van der Waals surface area contributed by atoms with E-state index in [2.05, 4.69) is 5.32 Å². The summed E-state index contributed by atoms with van der Waals surface area (Å²) in [6.45, 7) is 3.43. The average molecular weight is 190 g/mol. The molecule has 1 amide bonds. The lowest BCUT2D eigenvalue weighted by molar-refractivity contribution is -0.128. The topological polar surface area (TPSA) is 32.3 Å². The van der Waals surface area contributed by atoms with Gasteiger partial charge in [0, 0.05) is 6.54 Å². The standard InChI is InChI=1S/C11H14N2O/c1-2-13-8-12-10(11(13)14)9-6-4-3-5-7-9/h3-7,10,12H,2,8H2,1H3. The molecule has 1 atom stereocenters. The van der Waals surface area contributed by atoms with Crippen molar-refractivity contribution >= 4 is 5.91 Å². The normalized spacial score (nSPS) is 21.6. The number of hydrogen-bond donors (Lipinski definition) is 1. The van der Waals surface area contributed by atoms with E-state index in [0.29, 0.717) is 6.67 Å². The van der Waals surface area contributed by atoms with E-state index in [1.54, 1.807) is 0 Å². The van der Waals surface area contributed by atoms with Crippen LogP contribution in [0.4, 0.5) is 0 Å². The molecule has 0 aromatic heterocycles. The summed E-state index contributed by atoms with van der Waals surface area (Å²) in [6, 6.07) is 9.69. The number of amides is 1. The smallest absolute Gasteiger partial charge is 0.245 e. The molecule has 1 fully saturated rings. The van der Waals surface area contributed by atoms with Crippen molar-refractivity contribution in [3.8, 4) is 0 Å². The molecular weight excluding hydrogens is 176 g/mol. The summed E-state index contributed by atoms with van der Waals surface area (Å²) < 4.78 is 0.